The molecule has 0 bridgehead atoms. The standard InChI is InChI=1S/C7H14O4S/c1-2-7(9)3-5-12(10,11)6-4-8/h8H,2-6H2,1H3. The Balaban J connectivity index is 3.84. The Labute approximate surface area is 72.5 Å². The van der Waals surface area contributed by atoms with Gasteiger partial charge in [0.05, 0.1) is 18.1 Å². The summed E-state index contributed by atoms with van der Waals surface area (Å²) < 4.78 is 21.9. The van der Waals surface area contributed by atoms with Gasteiger partial charge in [0.2, 0.25) is 0 Å². The highest BCUT2D eigenvalue weighted by Gasteiger charge is 2.11. The van der Waals surface area contributed by atoms with Gasteiger partial charge in [-0.1, -0.05) is 6.92 Å². The van der Waals surface area contributed by atoms with Gasteiger partial charge in [-0.25, -0.2) is 8.42 Å². The second-order valence-corrected chi connectivity index (χ2v) is 4.82. The topological polar surface area (TPSA) is 71.4 Å². The molecular formula is C7H14O4S. The summed E-state index contributed by atoms with van der Waals surface area (Å²) in [6, 6.07) is 0. The molecule has 0 aromatic heterocycles. The first-order chi connectivity index (χ1) is 5.52. The van der Waals surface area contributed by atoms with Gasteiger partial charge in [0.25, 0.3) is 0 Å². The molecule has 0 rings (SSSR count). The van der Waals surface area contributed by atoms with Gasteiger partial charge in [0, 0.05) is 12.8 Å². The highest BCUT2D eigenvalue weighted by atomic mass is 32.2. The van der Waals surface area contributed by atoms with E-state index in [0.29, 0.717) is 6.42 Å². The van der Waals surface area contributed by atoms with Crippen molar-refractivity contribution in [2.45, 2.75) is 19.8 Å². The lowest BCUT2D eigenvalue weighted by Crippen LogP contribution is -2.16. The van der Waals surface area contributed by atoms with Crippen LogP contribution in [0.15, 0.2) is 0 Å². The number of sulfone groups is 1. The van der Waals surface area contributed by atoms with E-state index in [0.717, 1.165) is 0 Å². The number of hydrogen-bond acceptors (Lipinski definition) is 4. The molecule has 0 aromatic carbocycles. The van der Waals surface area contributed by atoms with E-state index in [9.17, 15) is 13.2 Å². The van der Waals surface area contributed by atoms with Gasteiger partial charge >= 0.3 is 0 Å². The fourth-order valence-electron chi connectivity index (χ4n) is 0.687. The maximum atomic E-state index is 10.9. The molecule has 1 N–H and O–H groups in total. The Hall–Kier alpha value is -0.420. The lowest BCUT2D eigenvalue weighted by Gasteiger charge is -1.99. The minimum atomic E-state index is -3.21. The van der Waals surface area contributed by atoms with E-state index in [1.165, 1.54) is 0 Å². The molecule has 0 heterocycles. The molecular weight excluding hydrogens is 180 g/mol. The Kier molecular flexibility index (Phi) is 5.08. The molecule has 0 atom stereocenters. The van der Waals surface area contributed by atoms with Crippen molar-refractivity contribution in [1.29, 1.82) is 0 Å². The van der Waals surface area contributed by atoms with Gasteiger partial charge < -0.3 is 5.11 Å². The first-order valence-electron chi connectivity index (χ1n) is 3.85. The van der Waals surface area contributed by atoms with E-state index < -0.39 is 9.84 Å². The summed E-state index contributed by atoms with van der Waals surface area (Å²) in [5.41, 5.74) is 0. The number of aliphatic hydroxyl groups excluding tert-OH is 1. The highest BCUT2D eigenvalue weighted by Crippen LogP contribution is 1.96. The monoisotopic (exact) mass is 194 g/mol. The minimum absolute atomic E-state index is 0.0588. The lowest BCUT2D eigenvalue weighted by atomic mass is 10.2. The number of ketones is 1. The molecule has 0 unspecified atom stereocenters. The van der Waals surface area contributed by atoms with E-state index in [4.69, 9.17) is 5.11 Å². The number of carbonyl (C=O) groups excluding carboxylic acids is 1. The van der Waals surface area contributed by atoms with Crippen molar-refractivity contribution in [2.24, 2.45) is 0 Å². The van der Waals surface area contributed by atoms with Gasteiger partial charge in [-0.3, -0.25) is 4.79 Å². The van der Waals surface area contributed by atoms with Crippen molar-refractivity contribution in [3.05, 3.63) is 0 Å². The summed E-state index contributed by atoms with van der Waals surface area (Å²) in [5.74, 6) is -0.443. The average Bonchev–Trinajstić information content (AvgIpc) is 2.00. The molecule has 0 spiro atoms. The van der Waals surface area contributed by atoms with Crippen LogP contribution < -0.4 is 0 Å². The van der Waals surface area contributed by atoms with Crippen LogP contribution in [0.1, 0.15) is 19.8 Å². The van der Waals surface area contributed by atoms with Gasteiger partial charge in [0.1, 0.15) is 5.78 Å². The first-order valence-corrected chi connectivity index (χ1v) is 5.67. The summed E-state index contributed by atoms with van der Waals surface area (Å²) in [6.45, 7) is 1.32. The van der Waals surface area contributed by atoms with Crippen LogP contribution in [0, 0.1) is 0 Å². The number of carbonyl (C=O) groups is 1. The summed E-state index contributed by atoms with van der Waals surface area (Å²) in [6.07, 6.45) is 0.438. The van der Waals surface area contributed by atoms with Crippen molar-refractivity contribution in [1.82, 2.24) is 0 Å². The third kappa shape index (κ3) is 5.26. The quantitative estimate of drug-likeness (QED) is 0.633. The molecule has 5 heteroatoms. The minimum Gasteiger partial charge on any atom is -0.395 e. The maximum Gasteiger partial charge on any atom is 0.152 e. The average molecular weight is 194 g/mol. The Morgan fingerprint density at radius 1 is 1.33 bits per heavy atom. The second-order valence-electron chi connectivity index (χ2n) is 2.52. The van der Waals surface area contributed by atoms with Crippen molar-refractivity contribution < 1.29 is 18.3 Å². The fourth-order valence-corrected chi connectivity index (χ4v) is 1.71. The molecule has 0 amide bonds. The number of aliphatic hydroxyl groups is 1. The number of hydrogen-bond donors (Lipinski definition) is 1. The van der Waals surface area contributed by atoms with Crippen LogP contribution in [0.4, 0.5) is 0 Å². The van der Waals surface area contributed by atoms with Crippen molar-refractivity contribution in [3.8, 4) is 0 Å². The first kappa shape index (κ1) is 11.6. The van der Waals surface area contributed by atoms with Crippen LogP contribution in [0.2, 0.25) is 0 Å². The highest BCUT2D eigenvalue weighted by molar-refractivity contribution is 7.91. The molecule has 0 fully saturated rings. The van der Waals surface area contributed by atoms with Crippen LogP contribution in [0.5, 0.6) is 0 Å². The molecule has 0 aromatic rings. The van der Waals surface area contributed by atoms with E-state index >= 15 is 0 Å². The second kappa shape index (κ2) is 5.27. The normalized spacial score (nSPS) is 11.5. The molecule has 12 heavy (non-hydrogen) atoms. The lowest BCUT2D eigenvalue weighted by molar-refractivity contribution is -0.118. The third-order valence-corrected chi connectivity index (χ3v) is 3.12. The maximum absolute atomic E-state index is 10.9. The molecule has 0 saturated carbocycles. The van der Waals surface area contributed by atoms with Crippen LogP contribution in [0.3, 0.4) is 0 Å². The zero-order chi connectivity index (χ0) is 9.61. The predicted octanol–water partition coefficient (Wildman–Crippen LogP) is -0.237. The largest absolute Gasteiger partial charge is 0.395 e. The molecule has 0 saturated heterocycles. The van der Waals surface area contributed by atoms with Crippen molar-refractivity contribution in [2.75, 3.05) is 18.1 Å². The summed E-state index contributed by atoms with van der Waals surface area (Å²) in [7, 11) is -3.21. The van der Waals surface area contributed by atoms with E-state index in [1.54, 1.807) is 6.92 Å². The third-order valence-electron chi connectivity index (χ3n) is 1.49. The van der Waals surface area contributed by atoms with E-state index in [1.807, 2.05) is 0 Å². The molecule has 72 valence electrons. The Morgan fingerprint density at radius 2 is 1.92 bits per heavy atom. The van der Waals surface area contributed by atoms with Crippen LogP contribution in [0.25, 0.3) is 0 Å². The van der Waals surface area contributed by atoms with Gasteiger partial charge in [-0.15, -0.1) is 0 Å². The number of Topliss-reactive ketones (excluding diaryl/α,β-unsaturated/α-hetero) is 1. The van der Waals surface area contributed by atoms with E-state index in [2.05, 4.69) is 0 Å². The predicted molar refractivity (Wildman–Crippen MR) is 45.7 cm³/mol. The molecule has 0 aliphatic rings. The Bertz CT molecular complexity index is 230. The van der Waals surface area contributed by atoms with Crippen LogP contribution >= 0.6 is 0 Å². The van der Waals surface area contributed by atoms with Crippen LogP contribution in [-0.2, 0) is 14.6 Å². The van der Waals surface area contributed by atoms with Gasteiger partial charge in [-0.2, -0.15) is 0 Å². The zero-order valence-corrected chi connectivity index (χ0v) is 7.93. The SMILES string of the molecule is CCC(=O)CCS(=O)(=O)CCO. The number of rotatable bonds is 6. The summed E-state index contributed by atoms with van der Waals surface area (Å²) in [5, 5.41) is 8.36. The van der Waals surface area contributed by atoms with Gasteiger partial charge in [0.15, 0.2) is 9.84 Å². The molecule has 0 aliphatic carbocycles. The molecule has 0 aliphatic heterocycles. The smallest absolute Gasteiger partial charge is 0.152 e. The van der Waals surface area contributed by atoms with Crippen LogP contribution in [-0.4, -0.2) is 37.4 Å². The van der Waals surface area contributed by atoms with Crippen molar-refractivity contribution in [3.63, 3.8) is 0 Å². The summed E-state index contributed by atoms with van der Waals surface area (Å²) in [4.78, 5) is 10.7. The van der Waals surface area contributed by atoms with E-state index in [-0.39, 0.29) is 30.3 Å². The van der Waals surface area contributed by atoms with Gasteiger partial charge in [-0.05, 0) is 0 Å². The fraction of sp³-hybridized carbons (Fsp3) is 0.857. The molecule has 4 nitrogen and oxygen atoms in total. The molecule has 0 radical (unpaired) electrons. The Morgan fingerprint density at radius 3 is 2.33 bits per heavy atom. The zero-order valence-electron chi connectivity index (χ0n) is 7.12. The summed E-state index contributed by atoms with van der Waals surface area (Å²) >= 11 is 0. The van der Waals surface area contributed by atoms with Crippen molar-refractivity contribution >= 4 is 15.6 Å².